The summed E-state index contributed by atoms with van der Waals surface area (Å²) in [6.07, 6.45) is 2.82. The predicted molar refractivity (Wildman–Crippen MR) is 92.7 cm³/mol. The molecule has 0 spiro atoms. The van der Waals surface area contributed by atoms with E-state index in [1.165, 1.54) is 52.5 Å². The first-order valence-corrected chi connectivity index (χ1v) is 8.92. The van der Waals surface area contributed by atoms with Crippen molar-refractivity contribution in [3.63, 3.8) is 0 Å². The first kappa shape index (κ1) is 18.7. The van der Waals surface area contributed by atoms with Crippen molar-refractivity contribution in [2.45, 2.75) is 18.7 Å². The Morgan fingerprint density at radius 2 is 1.64 bits per heavy atom. The van der Waals surface area contributed by atoms with E-state index in [9.17, 15) is 18.0 Å². The standard InChI is InChI=1S/C17H20N2O5S/c1-17(2,16(21)24-4)15(20)18(3)13-9-5-6-10-14(13)25(22,23)19-11-7-8-12-19/h5-12H,1-4H3. The Morgan fingerprint density at radius 1 is 1.08 bits per heavy atom. The zero-order valence-corrected chi connectivity index (χ0v) is 15.3. The molecule has 0 saturated carbocycles. The van der Waals surface area contributed by atoms with Gasteiger partial charge in [-0.1, -0.05) is 12.1 Å². The lowest BCUT2D eigenvalue weighted by molar-refractivity contribution is -0.155. The topological polar surface area (TPSA) is 85.7 Å². The molecular formula is C17H20N2O5S. The smallest absolute Gasteiger partial charge is 0.320 e. The second kappa shape index (κ2) is 6.72. The first-order valence-electron chi connectivity index (χ1n) is 7.48. The van der Waals surface area contributed by atoms with Crippen molar-refractivity contribution in [3.05, 3.63) is 48.8 Å². The maximum Gasteiger partial charge on any atom is 0.320 e. The van der Waals surface area contributed by atoms with Crippen LogP contribution >= 0.6 is 0 Å². The number of para-hydroxylation sites is 1. The number of benzene rings is 1. The van der Waals surface area contributed by atoms with Gasteiger partial charge in [0.25, 0.3) is 10.0 Å². The van der Waals surface area contributed by atoms with Crippen LogP contribution in [-0.2, 0) is 24.3 Å². The van der Waals surface area contributed by atoms with Gasteiger partial charge in [-0.15, -0.1) is 0 Å². The van der Waals surface area contributed by atoms with Crippen LogP contribution in [0.25, 0.3) is 0 Å². The Labute approximate surface area is 146 Å². The fourth-order valence-electron chi connectivity index (χ4n) is 2.42. The molecule has 0 radical (unpaired) electrons. The fourth-order valence-corrected chi connectivity index (χ4v) is 3.82. The van der Waals surface area contributed by atoms with Gasteiger partial charge in [-0.05, 0) is 38.1 Å². The maximum absolute atomic E-state index is 12.8. The van der Waals surface area contributed by atoms with Crippen molar-refractivity contribution >= 4 is 27.6 Å². The van der Waals surface area contributed by atoms with E-state index in [-0.39, 0.29) is 10.6 Å². The Hall–Kier alpha value is -2.61. The average Bonchev–Trinajstić information content (AvgIpc) is 3.15. The predicted octanol–water partition coefficient (Wildman–Crippen LogP) is 1.89. The van der Waals surface area contributed by atoms with Crippen LogP contribution in [0.2, 0.25) is 0 Å². The quantitative estimate of drug-likeness (QED) is 0.597. The third-order valence-corrected chi connectivity index (χ3v) is 5.59. The van der Waals surface area contributed by atoms with Crippen LogP contribution in [0, 0.1) is 5.41 Å². The summed E-state index contributed by atoms with van der Waals surface area (Å²) in [5.74, 6) is -1.27. The molecule has 0 bridgehead atoms. The minimum atomic E-state index is -3.87. The van der Waals surface area contributed by atoms with E-state index >= 15 is 0 Å². The highest BCUT2D eigenvalue weighted by atomic mass is 32.2. The first-order chi connectivity index (χ1) is 11.6. The Bertz CT molecular complexity index is 886. The van der Waals surface area contributed by atoms with Gasteiger partial charge in [0.15, 0.2) is 0 Å². The summed E-state index contributed by atoms with van der Waals surface area (Å²) in [7, 11) is -1.25. The summed E-state index contributed by atoms with van der Waals surface area (Å²) in [4.78, 5) is 25.8. The van der Waals surface area contributed by atoms with Crippen LogP contribution in [0.1, 0.15) is 13.8 Å². The molecule has 1 aromatic heterocycles. The van der Waals surface area contributed by atoms with Gasteiger partial charge in [-0.2, -0.15) is 0 Å². The lowest BCUT2D eigenvalue weighted by Crippen LogP contribution is -2.44. The number of rotatable bonds is 5. The van der Waals surface area contributed by atoms with Gasteiger partial charge in [0.1, 0.15) is 10.3 Å². The highest BCUT2D eigenvalue weighted by Crippen LogP contribution is 2.30. The largest absolute Gasteiger partial charge is 0.468 e. The SMILES string of the molecule is COC(=O)C(C)(C)C(=O)N(C)c1ccccc1S(=O)(=O)n1cccc1. The molecule has 2 aromatic rings. The Morgan fingerprint density at radius 3 is 2.20 bits per heavy atom. The van der Waals surface area contributed by atoms with Gasteiger partial charge in [-0.3, -0.25) is 9.59 Å². The van der Waals surface area contributed by atoms with Crippen LogP contribution < -0.4 is 4.90 Å². The molecule has 1 amide bonds. The molecule has 1 heterocycles. The molecular weight excluding hydrogens is 344 g/mol. The van der Waals surface area contributed by atoms with E-state index in [0.29, 0.717) is 0 Å². The minimum Gasteiger partial charge on any atom is -0.468 e. The summed E-state index contributed by atoms with van der Waals surface area (Å²) >= 11 is 0. The van der Waals surface area contributed by atoms with Crippen LogP contribution in [0.5, 0.6) is 0 Å². The molecule has 0 aliphatic rings. The highest BCUT2D eigenvalue weighted by Gasteiger charge is 2.40. The second-order valence-corrected chi connectivity index (χ2v) is 7.78. The minimum absolute atomic E-state index is 0.0392. The summed E-state index contributed by atoms with van der Waals surface area (Å²) in [5.41, 5.74) is -1.27. The third-order valence-electron chi connectivity index (χ3n) is 3.89. The third kappa shape index (κ3) is 3.30. The second-order valence-electron chi connectivity index (χ2n) is 5.97. The molecule has 134 valence electrons. The molecule has 2 rings (SSSR count). The van der Waals surface area contributed by atoms with Crippen molar-refractivity contribution in [1.29, 1.82) is 0 Å². The number of esters is 1. The molecule has 8 heteroatoms. The van der Waals surface area contributed by atoms with E-state index < -0.39 is 27.3 Å². The van der Waals surface area contributed by atoms with Crippen molar-refractivity contribution in [2.24, 2.45) is 5.41 Å². The molecule has 7 nitrogen and oxygen atoms in total. The molecule has 1 aromatic carbocycles. The maximum atomic E-state index is 12.8. The number of hydrogen-bond donors (Lipinski definition) is 0. The van der Waals surface area contributed by atoms with Gasteiger partial charge < -0.3 is 9.64 Å². The summed E-state index contributed by atoms with van der Waals surface area (Å²) < 4.78 is 31.4. The van der Waals surface area contributed by atoms with Crippen molar-refractivity contribution in [3.8, 4) is 0 Å². The van der Waals surface area contributed by atoms with E-state index in [4.69, 9.17) is 0 Å². The van der Waals surface area contributed by atoms with Crippen molar-refractivity contribution in [2.75, 3.05) is 19.1 Å². The number of ether oxygens (including phenoxy) is 1. The van der Waals surface area contributed by atoms with Crippen molar-refractivity contribution in [1.82, 2.24) is 3.97 Å². The molecule has 0 atom stereocenters. The van der Waals surface area contributed by atoms with Crippen LogP contribution in [0.3, 0.4) is 0 Å². The zero-order chi connectivity index (χ0) is 18.8. The molecule has 25 heavy (non-hydrogen) atoms. The lowest BCUT2D eigenvalue weighted by atomic mass is 9.91. The summed E-state index contributed by atoms with van der Waals surface area (Å²) in [5, 5.41) is 0. The molecule has 0 aliphatic carbocycles. The average molecular weight is 364 g/mol. The van der Waals surface area contributed by atoms with Crippen molar-refractivity contribution < 1.29 is 22.7 Å². The number of nitrogens with zero attached hydrogens (tertiary/aromatic N) is 2. The number of methoxy groups -OCH3 is 1. The highest BCUT2D eigenvalue weighted by molar-refractivity contribution is 7.90. The van der Waals surface area contributed by atoms with Crippen LogP contribution in [-0.4, -0.2) is 38.4 Å². The molecule has 0 fully saturated rings. The number of carbonyl (C=O) groups is 2. The Balaban J connectivity index is 2.52. The molecule has 0 saturated heterocycles. The van der Waals surface area contributed by atoms with Crippen LogP contribution in [0.15, 0.2) is 53.7 Å². The van der Waals surface area contributed by atoms with E-state index in [1.54, 1.807) is 24.3 Å². The number of anilines is 1. The summed E-state index contributed by atoms with van der Waals surface area (Å²) in [6.45, 7) is 2.86. The van der Waals surface area contributed by atoms with Gasteiger partial charge in [0, 0.05) is 19.4 Å². The number of amides is 1. The molecule has 0 unspecified atom stereocenters. The van der Waals surface area contributed by atoms with Gasteiger partial charge in [0.05, 0.1) is 12.8 Å². The lowest BCUT2D eigenvalue weighted by Gasteiger charge is -2.28. The van der Waals surface area contributed by atoms with E-state index in [0.717, 1.165) is 8.87 Å². The number of aromatic nitrogens is 1. The monoisotopic (exact) mass is 364 g/mol. The normalized spacial score (nSPS) is 11.8. The summed E-state index contributed by atoms with van der Waals surface area (Å²) in [6, 6.07) is 9.31. The van der Waals surface area contributed by atoms with Gasteiger partial charge in [0.2, 0.25) is 5.91 Å². The molecule has 0 aliphatic heterocycles. The fraction of sp³-hybridized carbons (Fsp3) is 0.294. The zero-order valence-electron chi connectivity index (χ0n) is 14.5. The van der Waals surface area contributed by atoms with Gasteiger partial charge in [-0.25, -0.2) is 12.4 Å². The van der Waals surface area contributed by atoms with Crippen LogP contribution in [0.4, 0.5) is 5.69 Å². The van der Waals surface area contributed by atoms with Gasteiger partial charge >= 0.3 is 5.97 Å². The number of carbonyl (C=O) groups excluding carboxylic acids is 2. The Kier molecular flexibility index (Phi) is 5.03. The molecule has 0 N–H and O–H groups in total. The number of hydrogen-bond acceptors (Lipinski definition) is 5. The van der Waals surface area contributed by atoms with E-state index in [2.05, 4.69) is 4.74 Å². The van der Waals surface area contributed by atoms with E-state index in [1.807, 2.05) is 0 Å².